The molecule has 0 aliphatic carbocycles. The van der Waals surface area contributed by atoms with Crippen molar-refractivity contribution < 1.29 is 9.90 Å². The van der Waals surface area contributed by atoms with E-state index in [4.69, 9.17) is 11.6 Å². The van der Waals surface area contributed by atoms with Crippen LogP contribution in [0.4, 0.5) is 0 Å². The van der Waals surface area contributed by atoms with Gasteiger partial charge in [0.25, 0.3) is 5.91 Å². The largest absolute Gasteiger partial charge is 0.389 e. The lowest BCUT2D eigenvalue weighted by Gasteiger charge is -2.25. The molecule has 0 saturated carbocycles. The number of aliphatic hydroxyl groups is 1. The highest BCUT2D eigenvalue weighted by Crippen LogP contribution is 2.23. The molecule has 1 N–H and O–H groups in total. The summed E-state index contributed by atoms with van der Waals surface area (Å²) in [5.41, 5.74) is -0.385. The van der Waals surface area contributed by atoms with Gasteiger partial charge in [-0.05, 0) is 48.0 Å². The van der Waals surface area contributed by atoms with Crippen molar-refractivity contribution in [2.24, 2.45) is 0 Å². The molecule has 1 amide bonds. The van der Waals surface area contributed by atoms with E-state index in [2.05, 4.69) is 15.9 Å². The molecule has 0 radical (unpaired) electrons. The fraction of sp³-hybridized carbons (Fsp3) is 0.417. The minimum absolute atomic E-state index is 0.157. The molecule has 0 aromatic heterocycles. The van der Waals surface area contributed by atoms with Gasteiger partial charge in [-0.3, -0.25) is 4.79 Å². The van der Waals surface area contributed by atoms with E-state index in [1.807, 2.05) is 0 Å². The highest BCUT2D eigenvalue weighted by atomic mass is 79.9. The Hall–Kier alpha value is -0.580. The fourth-order valence-corrected chi connectivity index (χ4v) is 2.37. The van der Waals surface area contributed by atoms with E-state index >= 15 is 0 Å². The number of carbonyl (C=O) groups excluding carboxylic acids is 1. The summed E-state index contributed by atoms with van der Waals surface area (Å²) in [6, 6.07) is 5.00. The van der Waals surface area contributed by atoms with Crippen LogP contribution < -0.4 is 0 Å². The first-order valence-corrected chi connectivity index (χ1v) is 6.31. The van der Waals surface area contributed by atoms with E-state index in [9.17, 15) is 9.90 Å². The molecule has 0 bridgehead atoms. The van der Waals surface area contributed by atoms with Crippen molar-refractivity contribution >= 4 is 33.4 Å². The van der Waals surface area contributed by atoms with Gasteiger partial charge in [0.05, 0.1) is 11.2 Å². The average molecular weight is 321 g/mol. The molecule has 0 atom stereocenters. The van der Waals surface area contributed by atoms with Crippen molar-refractivity contribution in [2.45, 2.75) is 19.4 Å². The molecule has 0 aliphatic heterocycles. The second-order valence-corrected chi connectivity index (χ2v) is 5.89. The van der Waals surface area contributed by atoms with Crippen LogP contribution in [0.3, 0.4) is 0 Å². The van der Waals surface area contributed by atoms with Crippen LogP contribution in [0.15, 0.2) is 22.7 Å². The van der Waals surface area contributed by atoms with Gasteiger partial charge in [-0.25, -0.2) is 0 Å². The van der Waals surface area contributed by atoms with Crippen molar-refractivity contribution in [1.29, 1.82) is 0 Å². The van der Waals surface area contributed by atoms with Crippen LogP contribution in [0, 0.1) is 0 Å². The zero-order valence-electron chi connectivity index (χ0n) is 10.00. The van der Waals surface area contributed by atoms with Gasteiger partial charge >= 0.3 is 0 Å². The summed E-state index contributed by atoms with van der Waals surface area (Å²) in [6.07, 6.45) is 0. The molecule has 0 spiro atoms. The number of likely N-dealkylation sites (N-methyl/N-ethyl adjacent to an activating group) is 1. The number of nitrogens with zero attached hydrogens (tertiary/aromatic N) is 1. The summed E-state index contributed by atoms with van der Waals surface area (Å²) in [7, 11) is 1.65. The van der Waals surface area contributed by atoms with Crippen LogP contribution in [0.5, 0.6) is 0 Å². The lowest BCUT2D eigenvalue weighted by molar-refractivity contribution is 0.0367. The Labute approximate surface area is 115 Å². The van der Waals surface area contributed by atoms with Crippen LogP contribution >= 0.6 is 27.5 Å². The number of carbonyl (C=O) groups is 1. The van der Waals surface area contributed by atoms with Crippen LogP contribution in [-0.4, -0.2) is 35.1 Å². The van der Waals surface area contributed by atoms with Gasteiger partial charge in [0.15, 0.2) is 0 Å². The predicted octanol–water partition coefficient (Wildman–Crippen LogP) is 2.95. The van der Waals surface area contributed by atoms with Gasteiger partial charge in [-0.1, -0.05) is 11.6 Å². The third-order valence-corrected chi connectivity index (χ3v) is 3.02. The number of hydrogen-bond acceptors (Lipinski definition) is 2. The number of rotatable bonds is 3. The maximum absolute atomic E-state index is 12.1. The Morgan fingerprint density at radius 2 is 2.12 bits per heavy atom. The molecule has 0 fully saturated rings. The van der Waals surface area contributed by atoms with Gasteiger partial charge in [0.1, 0.15) is 0 Å². The van der Waals surface area contributed by atoms with E-state index in [1.54, 1.807) is 39.1 Å². The molecule has 0 aliphatic rings. The zero-order valence-corrected chi connectivity index (χ0v) is 12.3. The minimum atomic E-state index is -0.913. The SMILES string of the molecule is CN(CC(C)(C)O)C(=O)c1ccc(Cl)cc1Br. The first-order valence-electron chi connectivity index (χ1n) is 5.13. The van der Waals surface area contributed by atoms with Crippen LogP contribution in [0.25, 0.3) is 0 Å². The number of benzene rings is 1. The Bertz CT molecular complexity index is 429. The summed E-state index contributed by atoms with van der Waals surface area (Å²) in [5, 5.41) is 10.2. The van der Waals surface area contributed by atoms with Crippen molar-refractivity contribution in [3.8, 4) is 0 Å². The standard InChI is InChI=1S/C12H15BrClNO2/c1-12(2,17)7-15(3)11(16)9-5-4-8(14)6-10(9)13/h4-6,17H,7H2,1-3H3. The highest BCUT2D eigenvalue weighted by molar-refractivity contribution is 9.10. The Morgan fingerprint density at radius 3 is 2.59 bits per heavy atom. The van der Waals surface area contributed by atoms with Crippen molar-refractivity contribution in [3.05, 3.63) is 33.3 Å². The lowest BCUT2D eigenvalue weighted by Crippen LogP contribution is -2.39. The summed E-state index contributed by atoms with van der Waals surface area (Å²) in [5.74, 6) is -0.157. The highest BCUT2D eigenvalue weighted by Gasteiger charge is 2.21. The van der Waals surface area contributed by atoms with E-state index < -0.39 is 5.60 Å². The first-order chi connectivity index (χ1) is 7.70. The van der Waals surface area contributed by atoms with Gasteiger partial charge < -0.3 is 10.0 Å². The number of amides is 1. The van der Waals surface area contributed by atoms with E-state index in [1.165, 1.54) is 4.90 Å². The molecule has 0 saturated heterocycles. The molecule has 5 heteroatoms. The summed E-state index contributed by atoms with van der Waals surface area (Å²) >= 11 is 9.11. The maximum atomic E-state index is 12.1. The summed E-state index contributed by atoms with van der Waals surface area (Å²) in [6.45, 7) is 3.59. The quantitative estimate of drug-likeness (QED) is 0.930. The Balaban J connectivity index is 2.89. The average Bonchev–Trinajstić information content (AvgIpc) is 2.14. The molecule has 17 heavy (non-hydrogen) atoms. The maximum Gasteiger partial charge on any atom is 0.254 e. The summed E-state index contributed by atoms with van der Waals surface area (Å²) in [4.78, 5) is 13.6. The van der Waals surface area contributed by atoms with Gasteiger partial charge in [-0.2, -0.15) is 0 Å². The van der Waals surface area contributed by atoms with Gasteiger partial charge in [0.2, 0.25) is 0 Å². The molecular weight excluding hydrogens is 305 g/mol. The van der Waals surface area contributed by atoms with Gasteiger partial charge in [-0.15, -0.1) is 0 Å². The number of halogens is 2. The van der Waals surface area contributed by atoms with Crippen molar-refractivity contribution in [1.82, 2.24) is 4.90 Å². The lowest BCUT2D eigenvalue weighted by atomic mass is 10.1. The van der Waals surface area contributed by atoms with Crippen molar-refractivity contribution in [3.63, 3.8) is 0 Å². The summed E-state index contributed by atoms with van der Waals surface area (Å²) < 4.78 is 0.651. The predicted molar refractivity (Wildman–Crippen MR) is 72.4 cm³/mol. The molecular formula is C12H15BrClNO2. The molecule has 1 aromatic rings. The monoisotopic (exact) mass is 319 g/mol. The van der Waals surface area contributed by atoms with E-state index in [-0.39, 0.29) is 12.5 Å². The molecule has 94 valence electrons. The second-order valence-electron chi connectivity index (χ2n) is 4.60. The zero-order chi connectivity index (χ0) is 13.2. The van der Waals surface area contributed by atoms with E-state index in [0.717, 1.165) is 0 Å². The van der Waals surface area contributed by atoms with E-state index in [0.29, 0.717) is 15.1 Å². The smallest absolute Gasteiger partial charge is 0.254 e. The minimum Gasteiger partial charge on any atom is -0.389 e. The molecule has 0 unspecified atom stereocenters. The van der Waals surface area contributed by atoms with Crippen LogP contribution in [0.2, 0.25) is 5.02 Å². The second kappa shape index (κ2) is 5.38. The first kappa shape index (κ1) is 14.5. The fourth-order valence-electron chi connectivity index (χ4n) is 1.52. The number of hydrogen-bond donors (Lipinski definition) is 1. The topological polar surface area (TPSA) is 40.5 Å². The molecule has 1 rings (SSSR count). The van der Waals surface area contributed by atoms with Crippen LogP contribution in [-0.2, 0) is 0 Å². The molecule has 1 aromatic carbocycles. The van der Waals surface area contributed by atoms with Crippen molar-refractivity contribution in [2.75, 3.05) is 13.6 Å². The Morgan fingerprint density at radius 1 is 1.53 bits per heavy atom. The Kier molecular flexibility index (Phi) is 4.58. The molecule has 3 nitrogen and oxygen atoms in total. The van der Waals surface area contributed by atoms with Gasteiger partial charge in [0, 0.05) is 23.1 Å². The normalized spacial score (nSPS) is 11.4. The molecule has 0 heterocycles. The van der Waals surface area contributed by atoms with Crippen LogP contribution in [0.1, 0.15) is 24.2 Å². The third kappa shape index (κ3) is 4.30. The third-order valence-electron chi connectivity index (χ3n) is 2.13.